The van der Waals surface area contributed by atoms with Gasteiger partial charge in [0, 0.05) is 6.61 Å². The normalized spacial score (nSPS) is 13.0. The van der Waals surface area contributed by atoms with Crippen LogP contribution in [0, 0.1) is 0 Å². The summed E-state index contributed by atoms with van der Waals surface area (Å²) in [5, 5.41) is 0. The third kappa shape index (κ3) is 10.2. The molecule has 0 aliphatic carbocycles. The summed E-state index contributed by atoms with van der Waals surface area (Å²) in [6.07, 6.45) is 12.3. The summed E-state index contributed by atoms with van der Waals surface area (Å²) >= 11 is 0. The second-order valence-electron chi connectivity index (χ2n) is 4.46. The molecule has 92 valence electrons. The Kier molecular flexibility index (Phi) is 12.0. The van der Waals surface area contributed by atoms with Crippen LogP contribution in [0.5, 0.6) is 0 Å². The minimum atomic E-state index is 0.526. The Balaban J connectivity index is 3.28. The second-order valence-corrected chi connectivity index (χ2v) is 4.46. The van der Waals surface area contributed by atoms with Crippen LogP contribution in [0.25, 0.3) is 0 Å². The van der Waals surface area contributed by atoms with Gasteiger partial charge in [-0.25, -0.2) is 0 Å². The molecule has 0 spiro atoms. The van der Waals surface area contributed by atoms with E-state index >= 15 is 0 Å². The van der Waals surface area contributed by atoms with E-state index in [4.69, 9.17) is 4.74 Å². The van der Waals surface area contributed by atoms with Gasteiger partial charge in [0.15, 0.2) is 0 Å². The summed E-state index contributed by atoms with van der Waals surface area (Å²) in [6.45, 7) is 7.68. The van der Waals surface area contributed by atoms with Gasteiger partial charge < -0.3 is 4.74 Å². The highest BCUT2D eigenvalue weighted by atomic mass is 16.5. The van der Waals surface area contributed by atoms with Crippen LogP contribution >= 0.6 is 0 Å². The van der Waals surface area contributed by atoms with Crippen LogP contribution in [0.3, 0.4) is 0 Å². The largest absolute Gasteiger partial charge is 0.378 e. The minimum Gasteiger partial charge on any atom is -0.378 e. The molecule has 1 nitrogen and oxygen atoms in total. The van der Waals surface area contributed by atoms with Gasteiger partial charge in [0.1, 0.15) is 0 Å². The average molecular weight is 214 g/mol. The van der Waals surface area contributed by atoms with E-state index in [0.29, 0.717) is 6.10 Å². The average Bonchev–Trinajstić information content (AvgIpc) is 2.26. The van der Waals surface area contributed by atoms with Crippen LogP contribution in [0.1, 0.15) is 78.6 Å². The molecule has 1 unspecified atom stereocenters. The van der Waals surface area contributed by atoms with E-state index in [2.05, 4.69) is 20.8 Å². The zero-order chi connectivity index (χ0) is 11.4. The third-order valence-corrected chi connectivity index (χ3v) is 2.94. The molecule has 0 aromatic carbocycles. The summed E-state index contributed by atoms with van der Waals surface area (Å²) in [4.78, 5) is 0. The van der Waals surface area contributed by atoms with Crippen molar-refractivity contribution in [3.63, 3.8) is 0 Å². The molecule has 0 rings (SSSR count). The Morgan fingerprint density at radius 3 is 2.07 bits per heavy atom. The number of unbranched alkanes of at least 4 members (excludes halogenated alkanes) is 5. The van der Waals surface area contributed by atoms with Crippen LogP contribution in [-0.2, 0) is 4.74 Å². The first-order chi connectivity index (χ1) is 7.35. The van der Waals surface area contributed by atoms with Crippen molar-refractivity contribution in [2.24, 2.45) is 0 Å². The van der Waals surface area contributed by atoms with Gasteiger partial charge in [-0.2, -0.15) is 0 Å². The van der Waals surface area contributed by atoms with Crippen molar-refractivity contribution in [2.75, 3.05) is 6.61 Å². The summed E-state index contributed by atoms with van der Waals surface area (Å²) in [7, 11) is 0. The zero-order valence-corrected chi connectivity index (χ0v) is 11.1. The van der Waals surface area contributed by atoms with Crippen molar-refractivity contribution in [1.82, 2.24) is 0 Å². The lowest BCUT2D eigenvalue weighted by atomic mass is 10.1. The Hall–Kier alpha value is -0.0400. The molecule has 0 aliphatic heterocycles. The van der Waals surface area contributed by atoms with Crippen LogP contribution in [0.4, 0.5) is 0 Å². The first-order valence-electron chi connectivity index (χ1n) is 6.96. The maximum atomic E-state index is 5.84. The van der Waals surface area contributed by atoms with Crippen molar-refractivity contribution in [2.45, 2.75) is 84.7 Å². The zero-order valence-electron chi connectivity index (χ0n) is 11.1. The van der Waals surface area contributed by atoms with Crippen molar-refractivity contribution in [1.29, 1.82) is 0 Å². The Bertz CT molecular complexity index is 112. The molecular formula is C14H30O. The molecule has 0 aromatic heterocycles. The first-order valence-corrected chi connectivity index (χ1v) is 6.96. The molecule has 0 aromatic rings. The highest BCUT2D eigenvalue weighted by molar-refractivity contribution is 4.56. The molecule has 15 heavy (non-hydrogen) atoms. The van der Waals surface area contributed by atoms with Gasteiger partial charge in [-0.3, -0.25) is 0 Å². The summed E-state index contributed by atoms with van der Waals surface area (Å²) < 4.78 is 5.84. The van der Waals surface area contributed by atoms with Crippen molar-refractivity contribution >= 4 is 0 Å². The molecule has 0 saturated heterocycles. The quantitative estimate of drug-likeness (QED) is 0.442. The molecule has 0 radical (unpaired) electrons. The van der Waals surface area contributed by atoms with E-state index in [1.807, 2.05) is 0 Å². The van der Waals surface area contributed by atoms with Gasteiger partial charge in [0.25, 0.3) is 0 Å². The van der Waals surface area contributed by atoms with Gasteiger partial charge in [-0.1, -0.05) is 59.3 Å². The molecule has 0 saturated carbocycles. The highest BCUT2D eigenvalue weighted by Crippen LogP contribution is 2.12. The van der Waals surface area contributed by atoms with E-state index in [1.165, 1.54) is 57.8 Å². The van der Waals surface area contributed by atoms with Crippen molar-refractivity contribution in [3.8, 4) is 0 Å². The first kappa shape index (κ1) is 15.0. The molecule has 0 amide bonds. The Morgan fingerprint density at radius 1 is 0.800 bits per heavy atom. The lowest BCUT2D eigenvalue weighted by Crippen LogP contribution is -2.12. The van der Waals surface area contributed by atoms with Gasteiger partial charge in [-0.05, 0) is 19.3 Å². The van der Waals surface area contributed by atoms with E-state index in [9.17, 15) is 0 Å². The molecule has 0 N–H and O–H groups in total. The fraction of sp³-hybridized carbons (Fsp3) is 1.00. The standard InChI is InChI=1S/C14H30O/c1-4-7-9-10-11-12-14(6-3)15-13-8-5-2/h14H,4-13H2,1-3H3. The van der Waals surface area contributed by atoms with Gasteiger partial charge in [0.2, 0.25) is 0 Å². The van der Waals surface area contributed by atoms with Crippen LogP contribution < -0.4 is 0 Å². The number of hydrogen-bond acceptors (Lipinski definition) is 1. The summed E-state index contributed by atoms with van der Waals surface area (Å²) in [6, 6.07) is 0. The SMILES string of the molecule is CCCCCCCC(CC)OCCCC. The number of hydrogen-bond donors (Lipinski definition) is 0. The van der Waals surface area contributed by atoms with Crippen molar-refractivity contribution in [3.05, 3.63) is 0 Å². The topological polar surface area (TPSA) is 9.23 Å². The summed E-state index contributed by atoms with van der Waals surface area (Å²) in [5.74, 6) is 0. The molecule has 1 heteroatoms. The molecule has 0 aliphatic rings. The second kappa shape index (κ2) is 12.0. The van der Waals surface area contributed by atoms with Gasteiger partial charge in [-0.15, -0.1) is 0 Å². The van der Waals surface area contributed by atoms with Crippen LogP contribution in [0.2, 0.25) is 0 Å². The smallest absolute Gasteiger partial charge is 0.0572 e. The maximum absolute atomic E-state index is 5.84. The lowest BCUT2D eigenvalue weighted by molar-refractivity contribution is 0.0414. The highest BCUT2D eigenvalue weighted by Gasteiger charge is 2.05. The molecule has 0 fully saturated rings. The van der Waals surface area contributed by atoms with Crippen molar-refractivity contribution < 1.29 is 4.74 Å². The Morgan fingerprint density at radius 2 is 1.47 bits per heavy atom. The molecule has 0 heterocycles. The maximum Gasteiger partial charge on any atom is 0.0572 e. The van der Waals surface area contributed by atoms with E-state index in [0.717, 1.165) is 6.61 Å². The fourth-order valence-electron chi connectivity index (χ4n) is 1.78. The predicted octanol–water partition coefficient (Wildman–Crippen LogP) is 4.94. The molecule has 0 bridgehead atoms. The monoisotopic (exact) mass is 214 g/mol. The number of rotatable bonds is 11. The van der Waals surface area contributed by atoms with Crippen LogP contribution in [0.15, 0.2) is 0 Å². The molecular weight excluding hydrogens is 184 g/mol. The molecule has 1 atom stereocenters. The summed E-state index contributed by atoms with van der Waals surface area (Å²) in [5.41, 5.74) is 0. The van der Waals surface area contributed by atoms with Gasteiger partial charge in [0.05, 0.1) is 6.10 Å². The van der Waals surface area contributed by atoms with E-state index in [-0.39, 0.29) is 0 Å². The lowest BCUT2D eigenvalue weighted by Gasteiger charge is -2.15. The predicted molar refractivity (Wildman–Crippen MR) is 68.3 cm³/mol. The minimum absolute atomic E-state index is 0.526. The number of ether oxygens (including phenoxy) is 1. The fourth-order valence-corrected chi connectivity index (χ4v) is 1.78. The van der Waals surface area contributed by atoms with E-state index < -0.39 is 0 Å². The van der Waals surface area contributed by atoms with E-state index in [1.54, 1.807) is 0 Å². The van der Waals surface area contributed by atoms with Gasteiger partial charge >= 0.3 is 0 Å². The third-order valence-electron chi connectivity index (χ3n) is 2.94. The van der Waals surface area contributed by atoms with Crippen LogP contribution in [-0.4, -0.2) is 12.7 Å². The Labute approximate surface area is 96.6 Å².